The predicted molar refractivity (Wildman–Crippen MR) is 58.1 cm³/mol. The molecule has 0 atom stereocenters. The first-order valence-electron chi connectivity index (χ1n) is 5.43. The highest BCUT2D eigenvalue weighted by Crippen LogP contribution is 2.30. The lowest BCUT2D eigenvalue weighted by atomic mass is 10.1. The van der Waals surface area contributed by atoms with Crippen molar-refractivity contribution in [3.8, 4) is 5.75 Å². The van der Waals surface area contributed by atoms with Gasteiger partial charge in [0.1, 0.15) is 5.75 Å². The number of fused-ring (bicyclic) bond motifs is 1. The van der Waals surface area contributed by atoms with Gasteiger partial charge in [0, 0.05) is 20.0 Å². The van der Waals surface area contributed by atoms with Crippen LogP contribution in [0.3, 0.4) is 0 Å². The van der Waals surface area contributed by atoms with E-state index >= 15 is 0 Å². The third-order valence-corrected chi connectivity index (χ3v) is 2.69. The zero-order valence-corrected chi connectivity index (χ0v) is 9.95. The van der Waals surface area contributed by atoms with E-state index < -0.39 is 18.1 Å². The predicted octanol–water partition coefficient (Wildman–Crippen LogP) is 2.02. The molecule has 0 radical (unpaired) electrons. The first kappa shape index (κ1) is 13.4. The number of carbonyl (C=O) groups is 2. The fourth-order valence-electron chi connectivity index (χ4n) is 1.92. The van der Waals surface area contributed by atoms with E-state index in [1.165, 1.54) is 19.1 Å². The Bertz CT molecular complexity index is 540. The number of hydrogen-bond donors (Lipinski definition) is 0. The van der Waals surface area contributed by atoms with Crippen LogP contribution >= 0.6 is 0 Å². The van der Waals surface area contributed by atoms with E-state index in [1.807, 2.05) is 0 Å². The van der Waals surface area contributed by atoms with Gasteiger partial charge in [-0.05, 0) is 23.3 Å². The Morgan fingerprint density at radius 3 is 2.42 bits per heavy atom. The Labute approximate surface area is 106 Å². The van der Waals surface area contributed by atoms with Crippen molar-refractivity contribution in [3.05, 3.63) is 29.3 Å². The van der Waals surface area contributed by atoms with Crippen molar-refractivity contribution in [2.45, 2.75) is 26.2 Å². The highest BCUT2D eigenvalue weighted by atomic mass is 19.4. The van der Waals surface area contributed by atoms with Gasteiger partial charge in [-0.2, -0.15) is 13.2 Å². The number of benzene rings is 1. The maximum absolute atomic E-state index is 12.3. The zero-order chi connectivity index (χ0) is 14.2. The first-order valence-corrected chi connectivity index (χ1v) is 5.43. The van der Waals surface area contributed by atoms with Gasteiger partial charge in [0.25, 0.3) is 0 Å². The molecule has 0 bridgehead atoms. The number of esters is 1. The molecule has 1 heterocycles. The van der Waals surface area contributed by atoms with Gasteiger partial charge in [0.15, 0.2) is 0 Å². The molecule has 1 aromatic carbocycles. The number of nitrogens with zero attached hydrogens (tertiary/aromatic N) is 1. The average molecular weight is 273 g/mol. The van der Waals surface area contributed by atoms with Crippen LogP contribution in [0.1, 0.15) is 18.1 Å². The van der Waals surface area contributed by atoms with Gasteiger partial charge in [-0.15, -0.1) is 0 Å². The van der Waals surface area contributed by atoms with Crippen molar-refractivity contribution >= 4 is 11.9 Å². The van der Waals surface area contributed by atoms with E-state index in [1.54, 1.807) is 6.07 Å². The molecule has 1 amide bonds. The standard InChI is InChI=1S/C12H10F3NO3/c1-7(17)19-10-3-2-8-5-16(6-9(8)4-10)11(18)12(13,14)15/h2-4H,5-6H2,1H3. The van der Waals surface area contributed by atoms with Crippen LogP contribution in [0.25, 0.3) is 0 Å². The topological polar surface area (TPSA) is 46.6 Å². The Morgan fingerprint density at radius 2 is 1.84 bits per heavy atom. The molecule has 2 rings (SSSR count). The van der Waals surface area contributed by atoms with Crippen molar-refractivity contribution in [2.24, 2.45) is 0 Å². The van der Waals surface area contributed by atoms with E-state index in [9.17, 15) is 22.8 Å². The second-order valence-corrected chi connectivity index (χ2v) is 4.18. The molecule has 102 valence electrons. The monoisotopic (exact) mass is 273 g/mol. The zero-order valence-electron chi connectivity index (χ0n) is 9.95. The number of amides is 1. The third-order valence-electron chi connectivity index (χ3n) is 2.69. The highest BCUT2D eigenvalue weighted by Gasteiger charge is 2.44. The molecular formula is C12H10F3NO3. The van der Waals surface area contributed by atoms with E-state index in [2.05, 4.69) is 0 Å². The van der Waals surface area contributed by atoms with Crippen LogP contribution in [0.15, 0.2) is 18.2 Å². The molecule has 0 N–H and O–H groups in total. The average Bonchev–Trinajstić information content (AvgIpc) is 2.68. The number of halogens is 3. The van der Waals surface area contributed by atoms with Crippen LogP contribution in [0.5, 0.6) is 5.75 Å². The molecule has 1 aromatic rings. The van der Waals surface area contributed by atoms with Gasteiger partial charge in [-0.25, -0.2) is 0 Å². The molecule has 0 saturated carbocycles. The highest BCUT2D eigenvalue weighted by molar-refractivity contribution is 5.82. The Kier molecular flexibility index (Phi) is 3.21. The summed E-state index contributed by atoms with van der Waals surface area (Å²) in [4.78, 5) is 22.6. The number of hydrogen-bond acceptors (Lipinski definition) is 3. The van der Waals surface area contributed by atoms with Crippen molar-refractivity contribution in [1.29, 1.82) is 0 Å². The van der Waals surface area contributed by atoms with Crippen LogP contribution in [0.4, 0.5) is 13.2 Å². The van der Waals surface area contributed by atoms with Gasteiger partial charge in [0.2, 0.25) is 0 Å². The van der Waals surface area contributed by atoms with Crippen LogP contribution in [0.2, 0.25) is 0 Å². The molecule has 7 heteroatoms. The lowest BCUT2D eigenvalue weighted by Gasteiger charge is -2.16. The maximum atomic E-state index is 12.3. The molecule has 19 heavy (non-hydrogen) atoms. The van der Waals surface area contributed by atoms with Crippen molar-refractivity contribution in [2.75, 3.05) is 0 Å². The van der Waals surface area contributed by atoms with Crippen molar-refractivity contribution < 1.29 is 27.5 Å². The van der Waals surface area contributed by atoms with E-state index in [-0.39, 0.29) is 18.8 Å². The summed E-state index contributed by atoms with van der Waals surface area (Å²) in [5, 5.41) is 0. The minimum absolute atomic E-state index is 0.0893. The van der Waals surface area contributed by atoms with E-state index in [0.717, 1.165) is 0 Å². The molecule has 1 aliphatic rings. The molecule has 1 aliphatic heterocycles. The van der Waals surface area contributed by atoms with E-state index in [4.69, 9.17) is 4.74 Å². The Balaban J connectivity index is 2.16. The molecule has 4 nitrogen and oxygen atoms in total. The van der Waals surface area contributed by atoms with Gasteiger partial charge >= 0.3 is 18.1 Å². The summed E-state index contributed by atoms with van der Waals surface area (Å²) in [5.74, 6) is -2.12. The minimum Gasteiger partial charge on any atom is -0.427 e. The lowest BCUT2D eigenvalue weighted by molar-refractivity contribution is -0.186. The van der Waals surface area contributed by atoms with Gasteiger partial charge < -0.3 is 9.64 Å². The van der Waals surface area contributed by atoms with Crippen molar-refractivity contribution in [3.63, 3.8) is 0 Å². The number of alkyl halides is 3. The normalized spacial score (nSPS) is 14.2. The summed E-state index contributed by atoms with van der Waals surface area (Å²) in [6.45, 7) is 1.00. The van der Waals surface area contributed by atoms with Gasteiger partial charge in [-0.1, -0.05) is 6.07 Å². The summed E-state index contributed by atoms with van der Waals surface area (Å²) in [5.41, 5.74) is 1.17. The van der Waals surface area contributed by atoms with Crippen LogP contribution in [0, 0.1) is 0 Å². The van der Waals surface area contributed by atoms with Gasteiger partial charge in [-0.3, -0.25) is 9.59 Å². The molecular weight excluding hydrogens is 263 g/mol. The maximum Gasteiger partial charge on any atom is 0.471 e. The summed E-state index contributed by atoms with van der Waals surface area (Å²) >= 11 is 0. The number of ether oxygens (including phenoxy) is 1. The summed E-state index contributed by atoms with van der Waals surface area (Å²) in [7, 11) is 0. The second kappa shape index (κ2) is 4.56. The quantitative estimate of drug-likeness (QED) is 0.581. The fraction of sp³-hybridized carbons (Fsp3) is 0.333. The molecule has 0 spiro atoms. The lowest BCUT2D eigenvalue weighted by Crippen LogP contribution is -2.37. The minimum atomic E-state index is -4.87. The summed E-state index contributed by atoms with van der Waals surface area (Å²) in [6.07, 6.45) is -4.87. The first-order chi connectivity index (χ1) is 8.77. The van der Waals surface area contributed by atoms with Crippen LogP contribution < -0.4 is 4.74 Å². The Morgan fingerprint density at radius 1 is 1.21 bits per heavy atom. The fourth-order valence-corrected chi connectivity index (χ4v) is 1.92. The SMILES string of the molecule is CC(=O)Oc1ccc2c(c1)CN(C(=O)C(F)(F)F)C2. The smallest absolute Gasteiger partial charge is 0.427 e. The van der Waals surface area contributed by atoms with Crippen molar-refractivity contribution in [1.82, 2.24) is 4.90 Å². The summed E-state index contributed by atoms with van der Waals surface area (Å²) in [6, 6.07) is 4.51. The number of carbonyl (C=O) groups excluding carboxylic acids is 2. The molecule has 0 aliphatic carbocycles. The molecule has 0 fully saturated rings. The van der Waals surface area contributed by atoms with Gasteiger partial charge in [0.05, 0.1) is 0 Å². The molecule has 0 saturated heterocycles. The largest absolute Gasteiger partial charge is 0.471 e. The molecule has 0 aromatic heterocycles. The number of rotatable bonds is 1. The van der Waals surface area contributed by atoms with E-state index in [0.29, 0.717) is 16.0 Å². The third kappa shape index (κ3) is 2.86. The molecule has 0 unspecified atom stereocenters. The Hall–Kier alpha value is -2.05. The van der Waals surface area contributed by atoms with Crippen LogP contribution in [-0.2, 0) is 22.7 Å². The summed E-state index contributed by atoms with van der Waals surface area (Å²) < 4.78 is 41.8. The van der Waals surface area contributed by atoms with Crippen LogP contribution in [-0.4, -0.2) is 23.0 Å². The second-order valence-electron chi connectivity index (χ2n) is 4.18.